The molecule has 132 valence electrons. The number of nitrogens with zero attached hydrogens (tertiary/aromatic N) is 2. The molecule has 1 aliphatic heterocycles. The van der Waals surface area contributed by atoms with Crippen LogP contribution in [0.15, 0.2) is 5.38 Å². The van der Waals surface area contributed by atoms with Gasteiger partial charge in [0, 0.05) is 23.3 Å². The first-order chi connectivity index (χ1) is 11.3. The Kier molecular flexibility index (Phi) is 4.69. The van der Waals surface area contributed by atoms with Crippen LogP contribution in [0.25, 0.3) is 0 Å². The molecule has 1 N–H and O–H groups in total. The number of hydrogen-bond donors (Lipinski definition) is 1. The fraction of sp³-hybridized carbons (Fsp3) is 0.722. The fourth-order valence-electron chi connectivity index (χ4n) is 3.07. The molecule has 1 aromatic rings. The molecule has 6 heteroatoms. The Bertz CT molecular complexity index is 630. The Morgan fingerprint density at radius 1 is 1.33 bits per heavy atom. The van der Waals surface area contributed by atoms with Crippen LogP contribution in [0, 0.1) is 5.92 Å². The second kappa shape index (κ2) is 6.47. The van der Waals surface area contributed by atoms with Gasteiger partial charge >= 0.3 is 0 Å². The van der Waals surface area contributed by atoms with Crippen LogP contribution in [0.5, 0.6) is 0 Å². The molecule has 0 spiro atoms. The van der Waals surface area contributed by atoms with Gasteiger partial charge in [0.25, 0.3) is 0 Å². The summed E-state index contributed by atoms with van der Waals surface area (Å²) in [6.07, 6.45) is 3.64. The molecule has 1 aromatic heterocycles. The van der Waals surface area contributed by atoms with Crippen LogP contribution < -0.4 is 5.32 Å². The summed E-state index contributed by atoms with van der Waals surface area (Å²) in [5.41, 5.74) is 1.06. The zero-order valence-electron chi connectivity index (χ0n) is 15.0. The average Bonchev–Trinajstić information content (AvgIpc) is 3.03. The zero-order chi connectivity index (χ0) is 17.5. The SMILES string of the molecule is C[C@@H](NC(=O)[C@H]1CCCN1C(=O)C1CC1)c1nc(C(C)(C)C)cs1. The van der Waals surface area contributed by atoms with Crippen LogP contribution in [0.1, 0.15) is 70.1 Å². The third kappa shape index (κ3) is 3.63. The van der Waals surface area contributed by atoms with Crippen LogP contribution >= 0.6 is 11.3 Å². The van der Waals surface area contributed by atoms with Crippen molar-refractivity contribution in [3.8, 4) is 0 Å². The molecule has 24 heavy (non-hydrogen) atoms. The molecule has 0 unspecified atom stereocenters. The standard InChI is InChI=1S/C18H27N3O2S/c1-11(16-20-14(10-24-16)18(2,3)4)19-15(22)13-6-5-9-21(13)17(23)12-7-8-12/h10-13H,5-9H2,1-4H3,(H,19,22)/t11-,13-/m1/s1. The van der Waals surface area contributed by atoms with Crippen molar-refractivity contribution in [2.75, 3.05) is 6.54 Å². The van der Waals surface area contributed by atoms with Crippen LogP contribution in [0.4, 0.5) is 0 Å². The van der Waals surface area contributed by atoms with Gasteiger partial charge in [-0.3, -0.25) is 9.59 Å². The van der Waals surface area contributed by atoms with Gasteiger partial charge in [0.2, 0.25) is 11.8 Å². The maximum atomic E-state index is 12.7. The molecule has 1 saturated heterocycles. The zero-order valence-corrected chi connectivity index (χ0v) is 15.8. The maximum Gasteiger partial charge on any atom is 0.243 e. The lowest BCUT2D eigenvalue weighted by molar-refractivity contribution is -0.139. The van der Waals surface area contributed by atoms with Crippen molar-refractivity contribution >= 4 is 23.2 Å². The van der Waals surface area contributed by atoms with E-state index in [0.29, 0.717) is 6.54 Å². The highest BCUT2D eigenvalue weighted by Crippen LogP contribution is 2.34. The Morgan fingerprint density at radius 2 is 2.04 bits per heavy atom. The number of thiazole rings is 1. The lowest BCUT2D eigenvalue weighted by atomic mass is 9.93. The van der Waals surface area contributed by atoms with Crippen LogP contribution in [0.2, 0.25) is 0 Å². The number of rotatable bonds is 4. The van der Waals surface area contributed by atoms with E-state index < -0.39 is 0 Å². The number of carbonyl (C=O) groups is 2. The first kappa shape index (κ1) is 17.4. The smallest absolute Gasteiger partial charge is 0.243 e. The van der Waals surface area contributed by atoms with E-state index in [1.165, 1.54) is 0 Å². The van der Waals surface area contributed by atoms with E-state index in [4.69, 9.17) is 0 Å². The monoisotopic (exact) mass is 349 g/mol. The summed E-state index contributed by atoms with van der Waals surface area (Å²) in [6, 6.07) is -0.431. The molecular weight excluding hydrogens is 322 g/mol. The number of hydrogen-bond acceptors (Lipinski definition) is 4. The van der Waals surface area contributed by atoms with E-state index in [0.717, 1.165) is 36.4 Å². The molecule has 2 atom stereocenters. The Balaban J connectivity index is 1.63. The summed E-state index contributed by atoms with van der Waals surface area (Å²) in [5.74, 6) is 0.301. The van der Waals surface area contributed by atoms with Crippen LogP contribution in [-0.2, 0) is 15.0 Å². The minimum atomic E-state index is -0.303. The second-order valence-electron chi connectivity index (χ2n) is 8.02. The van der Waals surface area contributed by atoms with Gasteiger partial charge in [-0.1, -0.05) is 20.8 Å². The number of nitrogens with one attached hydrogen (secondary N) is 1. The highest BCUT2D eigenvalue weighted by Gasteiger charge is 2.41. The summed E-state index contributed by atoms with van der Waals surface area (Å²) in [7, 11) is 0. The predicted octanol–water partition coefficient (Wildman–Crippen LogP) is 3.02. The lowest BCUT2D eigenvalue weighted by Gasteiger charge is -2.25. The molecule has 0 radical (unpaired) electrons. The predicted molar refractivity (Wildman–Crippen MR) is 94.8 cm³/mol. The third-order valence-corrected chi connectivity index (χ3v) is 5.81. The number of likely N-dealkylation sites (tertiary alicyclic amines) is 1. The van der Waals surface area contributed by atoms with Gasteiger partial charge in [-0.05, 0) is 32.6 Å². The van der Waals surface area contributed by atoms with Gasteiger partial charge in [-0.2, -0.15) is 0 Å². The molecule has 2 heterocycles. The average molecular weight is 350 g/mol. The van der Waals surface area contributed by atoms with E-state index in [-0.39, 0.29) is 35.2 Å². The summed E-state index contributed by atoms with van der Waals surface area (Å²) in [5, 5.41) is 6.05. The Hall–Kier alpha value is -1.43. The van der Waals surface area contributed by atoms with Gasteiger partial charge in [0.15, 0.2) is 0 Å². The summed E-state index contributed by atoms with van der Waals surface area (Å²) in [4.78, 5) is 31.5. The maximum absolute atomic E-state index is 12.7. The third-order valence-electron chi connectivity index (χ3n) is 4.78. The quantitative estimate of drug-likeness (QED) is 0.909. The number of carbonyl (C=O) groups excluding carboxylic acids is 2. The normalized spacial score (nSPS) is 22.5. The first-order valence-corrected chi connectivity index (χ1v) is 9.72. The van der Waals surface area contributed by atoms with E-state index in [2.05, 4.69) is 36.5 Å². The van der Waals surface area contributed by atoms with Gasteiger partial charge in [-0.15, -0.1) is 11.3 Å². The van der Waals surface area contributed by atoms with E-state index >= 15 is 0 Å². The molecule has 5 nitrogen and oxygen atoms in total. The highest BCUT2D eigenvalue weighted by atomic mass is 32.1. The summed E-state index contributed by atoms with van der Waals surface area (Å²) < 4.78 is 0. The lowest BCUT2D eigenvalue weighted by Crippen LogP contribution is -2.47. The molecule has 1 aliphatic carbocycles. The van der Waals surface area contributed by atoms with Crippen molar-refractivity contribution in [2.24, 2.45) is 5.92 Å². The molecule has 2 fully saturated rings. The Morgan fingerprint density at radius 3 is 2.62 bits per heavy atom. The van der Waals surface area contributed by atoms with Gasteiger partial charge in [0.1, 0.15) is 11.0 Å². The second-order valence-corrected chi connectivity index (χ2v) is 8.90. The van der Waals surface area contributed by atoms with Crippen molar-refractivity contribution in [1.82, 2.24) is 15.2 Å². The van der Waals surface area contributed by atoms with Crippen molar-refractivity contribution < 1.29 is 9.59 Å². The summed E-state index contributed by atoms with van der Waals surface area (Å²) >= 11 is 1.58. The van der Waals surface area contributed by atoms with Crippen LogP contribution in [0.3, 0.4) is 0 Å². The van der Waals surface area contributed by atoms with E-state index in [1.54, 1.807) is 16.2 Å². The minimum Gasteiger partial charge on any atom is -0.345 e. The molecule has 2 amide bonds. The van der Waals surface area contributed by atoms with Crippen molar-refractivity contribution in [1.29, 1.82) is 0 Å². The van der Waals surface area contributed by atoms with E-state index in [9.17, 15) is 9.59 Å². The first-order valence-electron chi connectivity index (χ1n) is 8.84. The van der Waals surface area contributed by atoms with Crippen molar-refractivity contribution in [2.45, 2.75) is 70.9 Å². The Labute approximate surface area is 147 Å². The molecule has 0 bridgehead atoms. The highest BCUT2D eigenvalue weighted by molar-refractivity contribution is 7.09. The van der Waals surface area contributed by atoms with Gasteiger partial charge in [-0.25, -0.2) is 4.98 Å². The number of aromatic nitrogens is 1. The van der Waals surface area contributed by atoms with Crippen molar-refractivity contribution in [3.05, 3.63) is 16.1 Å². The minimum absolute atomic E-state index is 0.0113. The molecule has 0 aromatic carbocycles. The van der Waals surface area contributed by atoms with E-state index in [1.807, 2.05) is 6.92 Å². The molecule has 2 aliphatic rings. The van der Waals surface area contributed by atoms with Gasteiger partial charge < -0.3 is 10.2 Å². The topological polar surface area (TPSA) is 62.3 Å². The summed E-state index contributed by atoms with van der Waals surface area (Å²) in [6.45, 7) is 9.08. The number of amides is 2. The molecule has 3 rings (SSSR count). The van der Waals surface area contributed by atoms with Gasteiger partial charge in [0.05, 0.1) is 11.7 Å². The molecular formula is C18H27N3O2S. The largest absolute Gasteiger partial charge is 0.345 e. The fourth-order valence-corrected chi connectivity index (χ4v) is 4.12. The molecule has 1 saturated carbocycles. The van der Waals surface area contributed by atoms with Crippen molar-refractivity contribution in [3.63, 3.8) is 0 Å². The van der Waals surface area contributed by atoms with Crippen LogP contribution in [-0.4, -0.2) is 34.3 Å².